The van der Waals surface area contributed by atoms with Crippen LogP contribution in [0.4, 0.5) is 5.69 Å². The van der Waals surface area contributed by atoms with E-state index in [0.717, 1.165) is 23.5 Å². The van der Waals surface area contributed by atoms with Gasteiger partial charge in [-0.2, -0.15) is 5.26 Å². The zero-order chi connectivity index (χ0) is 19.5. The molecule has 0 spiro atoms. The summed E-state index contributed by atoms with van der Waals surface area (Å²) in [6.45, 7) is 3.09. The van der Waals surface area contributed by atoms with Crippen molar-refractivity contribution >= 4 is 11.6 Å². The van der Waals surface area contributed by atoms with Crippen molar-refractivity contribution < 1.29 is 14.3 Å². The van der Waals surface area contributed by atoms with Gasteiger partial charge in [-0.1, -0.05) is 12.1 Å². The summed E-state index contributed by atoms with van der Waals surface area (Å²) in [6, 6.07) is 16.7. The lowest BCUT2D eigenvalue weighted by atomic mass is 10.1. The van der Waals surface area contributed by atoms with Crippen molar-refractivity contribution in [2.75, 3.05) is 25.6 Å². The third kappa shape index (κ3) is 6.40. The van der Waals surface area contributed by atoms with Crippen molar-refractivity contribution in [3.63, 3.8) is 0 Å². The second-order valence-electron chi connectivity index (χ2n) is 5.63. The first-order valence-corrected chi connectivity index (χ1v) is 8.67. The Bertz CT molecular complexity index is 806. The Labute approximate surface area is 159 Å². The van der Waals surface area contributed by atoms with Gasteiger partial charge in [0.05, 0.1) is 13.7 Å². The molecule has 0 aliphatic rings. The second-order valence-corrected chi connectivity index (χ2v) is 5.63. The predicted molar refractivity (Wildman–Crippen MR) is 105 cm³/mol. The van der Waals surface area contributed by atoms with E-state index in [9.17, 15) is 10.1 Å². The fourth-order valence-corrected chi connectivity index (χ4v) is 2.33. The van der Waals surface area contributed by atoms with Crippen LogP contribution in [0.3, 0.4) is 0 Å². The van der Waals surface area contributed by atoms with Gasteiger partial charge in [-0.15, -0.1) is 0 Å². The molecule has 0 atom stereocenters. The Morgan fingerprint density at radius 2 is 1.78 bits per heavy atom. The topological polar surface area (TPSA) is 83.4 Å². The molecule has 0 aliphatic heterocycles. The Kier molecular flexibility index (Phi) is 7.73. The minimum Gasteiger partial charge on any atom is -0.497 e. The molecule has 1 amide bonds. The molecule has 0 fully saturated rings. The van der Waals surface area contributed by atoms with Crippen molar-refractivity contribution in [3.05, 3.63) is 65.9 Å². The van der Waals surface area contributed by atoms with Crippen LogP contribution < -0.4 is 20.1 Å². The number of amides is 1. The van der Waals surface area contributed by atoms with Crippen LogP contribution in [-0.4, -0.2) is 26.2 Å². The Hall–Kier alpha value is -3.46. The molecule has 0 aliphatic carbocycles. The van der Waals surface area contributed by atoms with Crippen molar-refractivity contribution in [2.45, 2.75) is 13.3 Å². The summed E-state index contributed by atoms with van der Waals surface area (Å²) in [5.74, 6) is 1.08. The monoisotopic (exact) mass is 365 g/mol. The summed E-state index contributed by atoms with van der Waals surface area (Å²) in [6.07, 6.45) is 2.20. The maximum Gasteiger partial charge on any atom is 0.267 e. The predicted octanol–water partition coefficient (Wildman–Crippen LogP) is 3.27. The lowest BCUT2D eigenvalue weighted by molar-refractivity contribution is -0.112. The van der Waals surface area contributed by atoms with Gasteiger partial charge < -0.3 is 20.1 Å². The quantitative estimate of drug-likeness (QED) is 0.405. The Balaban J connectivity index is 1.84. The lowest BCUT2D eigenvalue weighted by Crippen LogP contribution is -2.18. The van der Waals surface area contributed by atoms with E-state index in [4.69, 9.17) is 9.47 Å². The van der Waals surface area contributed by atoms with Gasteiger partial charge in [-0.25, -0.2) is 0 Å². The third-order valence-corrected chi connectivity index (χ3v) is 3.75. The second kappa shape index (κ2) is 10.5. The van der Waals surface area contributed by atoms with Crippen LogP contribution in [-0.2, 0) is 11.2 Å². The maximum absolute atomic E-state index is 12.2. The van der Waals surface area contributed by atoms with Crippen molar-refractivity contribution in [1.29, 1.82) is 5.26 Å². The number of hydrogen-bond donors (Lipinski definition) is 2. The van der Waals surface area contributed by atoms with Gasteiger partial charge in [-0.3, -0.25) is 4.79 Å². The zero-order valence-electron chi connectivity index (χ0n) is 15.5. The fraction of sp³-hybridized carbons (Fsp3) is 0.238. The van der Waals surface area contributed by atoms with Gasteiger partial charge >= 0.3 is 0 Å². The molecule has 2 aromatic rings. The number of ether oxygens (including phenoxy) is 2. The molecule has 0 radical (unpaired) electrons. The normalized spacial score (nSPS) is 10.6. The number of methoxy groups -OCH3 is 1. The van der Waals surface area contributed by atoms with Crippen LogP contribution in [0.25, 0.3) is 0 Å². The minimum atomic E-state index is -0.460. The lowest BCUT2D eigenvalue weighted by Gasteiger charge is -2.07. The van der Waals surface area contributed by atoms with Crippen LogP contribution in [0.1, 0.15) is 12.5 Å². The highest BCUT2D eigenvalue weighted by Gasteiger charge is 2.09. The summed E-state index contributed by atoms with van der Waals surface area (Å²) in [7, 11) is 1.63. The highest BCUT2D eigenvalue weighted by Crippen LogP contribution is 2.16. The molecule has 6 nitrogen and oxygen atoms in total. The van der Waals surface area contributed by atoms with Crippen LogP contribution in [0.15, 0.2) is 60.3 Å². The minimum absolute atomic E-state index is 0.0126. The largest absolute Gasteiger partial charge is 0.497 e. The summed E-state index contributed by atoms with van der Waals surface area (Å²) >= 11 is 0. The van der Waals surface area contributed by atoms with E-state index in [0.29, 0.717) is 18.8 Å². The molecule has 0 bridgehead atoms. The molecule has 0 heterocycles. The SMILES string of the molecule is CCOc1ccc(NC(=O)/C(C#N)=C\NCCc2ccc(OC)cc2)cc1. The van der Waals surface area contributed by atoms with Gasteiger partial charge in [0.15, 0.2) is 0 Å². The third-order valence-electron chi connectivity index (χ3n) is 3.75. The number of carbonyl (C=O) groups is 1. The summed E-state index contributed by atoms with van der Waals surface area (Å²) < 4.78 is 10.5. The van der Waals surface area contributed by atoms with Gasteiger partial charge in [0, 0.05) is 18.4 Å². The van der Waals surface area contributed by atoms with Crippen LogP contribution in [0.2, 0.25) is 0 Å². The van der Waals surface area contributed by atoms with E-state index >= 15 is 0 Å². The smallest absolute Gasteiger partial charge is 0.267 e. The number of carbonyl (C=O) groups excluding carboxylic acids is 1. The van der Waals surface area contributed by atoms with E-state index in [2.05, 4.69) is 10.6 Å². The number of nitrogens with zero attached hydrogens (tertiary/aromatic N) is 1. The van der Waals surface area contributed by atoms with Crippen LogP contribution in [0.5, 0.6) is 11.5 Å². The standard InChI is InChI=1S/C21H23N3O3/c1-3-27-20-10-6-18(7-11-20)24-21(25)17(14-22)15-23-13-12-16-4-8-19(26-2)9-5-16/h4-11,15,23H,3,12-13H2,1-2H3,(H,24,25)/b17-15-. The fourth-order valence-electron chi connectivity index (χ4n) is 2.33. The number of hydrogen-bond acceptors (Lipinski definition) is 5. The molecule has 2 rings (SSSR count). The van der Waals surface area contributed by atoms with E-state index in [-0.39, 0.29) is 5.57 Å². The first kappa shape index (κ1) is 19.9. The van der Waals surface area contributed by atoms with Crippen molar-refractivity contribution in [1.82, 2.24) is 5.32 Å². The van der Waals surface area contributed by atoms with Crippen molar-refractivity contribution in [2.24, 2.45) is 0 Å². The Morgan fingerprint density at radius 1 is 1.11 bits per heavy atom. The summed E-state index contributed by atoms with van der Waals surface area (Å²) in [5, 5.41) is 14.9. The number of benzene rings is 2. The highest BCUT2D eigenvalue weighted by atomic mass is 16.5. The van der Waals surface area contributed by atoms with Gasteiger partial charge in [-0.05, 0) is 55.3 Å². The van der Waals surface area contributed by atoms with E-state index in [1.54, 1.807) is 31.4 Å². The average Bonchev–Trinajstić information content (AvgIpc) is 2.70. The molecule has 6 heteroatoms. The van der Waals surface area contributed by atoms with Gasteiger partial charge in [0.1, 0.15) is 23.1 Å². The highest BCUT2D eigenvalue weighted by molar-refractivity contribution is 6.06. The summed E-state index contributed by atoms with van der Waals surface area (Å²) in [4.78, 5) is 12.2. The number of anilines is 1. The molecule has 27 heavy (non-hydrogen) atoms. The van der Waals surface area contributed by atoms with Crippen molar-refractivity contribution in [3.8, 4) is 17.6 Å². The van der Waals surface area contributed by atoms with Crippen LogP contribution >= 0.6 is 0 Å². The zero-order valence-corrected chi connectivity index (χ0v) is 15.5. The molecule has 2 aromatic carbocycles. The number of nitrogens with one attached hydrogen (secondary N) is 2. The molecule has 0 saturated heterocycles. The molecule has 2 N–H and O–H groups in total. The van der Waals surface area contributed by atoms with E-state index in [1.165, 1.54) is 6.20 Å². The number of nitriles is 1. The first-order chi connectivity index (χ1) is 13.2. The molecule has 0 saturated carbocycles. The maximum atomic E-state index is 12.2. The van der Waals surface area contributed by atoms with E-state index in [1.807, 2.05) is 37.3 Å². The van der Waals surface area contributed by atoms with E-state index < -0.39 is 5.91 Å². The number of rotatable bonds is 9. The molecule has 140 valence electrons. The van der Waals surface area contributed by atoms with Gasteiger partial charge in [0.25, 0.3) is 5.91 Å². The van der Waals surface area contributed by atoms with Gasteiger partial charge in [0.2, 0.25) is 0 Å². The molecule has 0 unspecified atom stereocenters. The molecule has 0 aromatic heterocycles. The van der Waals surface area contributed by atoms with Crippen LogP contribution in [0, 0.1) is 11.3 Å². The summed E-state index contributed by atoms with van der Waals surface area (Å²) in [5.41, 5.74) is 1.75. The average molecular weight is 365 g/mol. The molecular formula is C21H23N3O3. The Morgan fingerprint density at radius 3 is 2.37 bits per heavy atom. The first-order valence-electron chi connectivity index (χ1n) is 8.67. The molecular weight excluding hydrogens is 342 g/mol.